The van der Waals surface area contributed by atoms with Crippen LogP contribution in [0.5, 0.6) is 0 Å². The van der Waals surface area contributed by atoms with Crippen LogP contribution in [0, 0.1) is 5.41 Å². The summed E-state index contributed by atoms with van der Waals surface area (Å²) in [5.41, 5.74) is -2.66. The first-order chi connectivity index (χ1) is 15.4. The second-order valence-electron chi connectivity index (χ2n) is 8.37. The van der Waals surface area contributed by atoms with Crippen LogP contribution in [0.1, 0.15) is 37.8 Å². The highest BCUT2D eigenvalue weighted by Gasteiger charge is 2.46. The van der Waals surface area contributed by atoms with E-state index < -0.39 is 59.4 Å². The number of hydrogen-bond donors (Lipinski definition) is 2. The van der Waals surface area contributed by atoms with E-state index in [0.717, 1.165) is 31.7 Å². The van der Waals surface area contributed by atoms with Gasteiger partial charge in [-0.15, -0.1) is 5.10 Å². The summed E-state index contributed by atoms with van der Waals surface area (Å²) in [5.74, 6) is -1.28. The minimum Gasteiger partial charge on any atom is -0.403 e. The fourth-order valence-corrected chi connectivity index (χ4v) is 3.88. The zero-order valence-corrected chi connectivity index (χ0v) is 17.0. The van der Waals surface area contributed by atoms with Crippen LogP contribution in [0.2, 0.25) is 0 Å². The van der Waals surface area contributed by atoms with E-state index in [0.29, 0.717) is 19.2 Å². The molecule has 1 amide bonds. The lowest BCUT2D eigenvalue weighted by molar-refractivity contribution is -0.152. The molecule has 1 aliphatic carbocycles. The molecule has 180 valence electrons. The molecule has 2 aliphatic rings. The van der Waals surface area contributed by atoms with Crippen molar-refractivity contribution in [3.8, 4) is 11.5 Å². The molecule has 14 heteroatoms. The van der Waals surface area contributed by atoms with Gasteiger partial charge in [-0.1, -0.05) is 5.10 Å². The molecule has 1 saturated heterocycles. The third-order valence-electron chi connectivity index (χ3n) is 5.99. The Morgan fingerprint density at radius 1 is 1.12 bits per heavy atom. The molecular weight excluding hydrogens is 460 g/mol. The van der Waals surface area contributed by atoms with Crippen molar-refractivity contribution < 1.29 is 35.6 Å². The number of nitrogens with one attached hydrogen (secondary N) is 2. The highest BCUT2D eigenvalue weighted by Crippen LogP contribution is 2.53. The van der Waals surface area contributed by atoms with Gasteiger partial charge in [0, 0.05) is 13.1 Å². The highest BCUT2D eigenvalue weighted by molar-refractivity contribution is 5.84. The molecule has 4 rings (SSSR count). The van der Waals surface area contributed by atoms with Gasteiger partial charge in [0.2, 0.25) is 5.91 Å². The van der Waals surface area contributed by atoms with Gasteiger partial charge < -0.3 is 19.6 Å². The molecule has 1 spiro atoms. The first-order valence-electron chi connectivity index (χ1n) is 10.1. The van der Waals surface area contributed by atoms with Crippen LogP contribution >= 0.6 is 0 Å². The van der Waals surface area contributed by atoms with Crippen molar-refractivity contribution in [2.24, 2.45) is 5.41 Å². The Bertz CT molecular complexity index is 1080. The predicted octanol–water partition coefficient (Wildman–Crippen LogP) is 3.58. The maximum atomic E-state index is 13.1. The number of pyridine rings is 1. The number of carbonyl (C=O) groups excluding carboxylic acids is 1. The van der Waals surface area contributed by atoms with Crippen LogP contribution in [-0.4, -0.2) is 51.3 Å². The summed E-state index contributed by atoms with van der Waals surface area (Å²) < 4.78 is 82.6. The molecule has 33 heavy (non-hydrogen) atoms. The third-order valence-corrected chi connectivity index (χ3v) is 5.99. The number of anilines is 1. The number of alkyl halides is 6. The normalized spacial score (nSPS) is 18.9. The summed E-state index contributed by atoms with van der Waals surface area (Å²) in [7, 11) is 0. The molecule has 0 unspecified atom stereocenters. The number of H-pyrrole nitrogens is 1. The number of halogens is 6. The van der Waals surface area contributed by atoms with Gasteiger partial charge >= 0.3 is 18.4 Å². The first-order valence-corrected chi connectivity index (χ1v) is 10.1. The molecule has 2 N–H and O–H groups in total. The Morgan fingerprint density at radius 2 is 1.79 bits per heavy atom. The lowest BCUT2D eigenvalue weighted by Gasteiger charge is -2.34. The van der Waals surface area contributed by atoms with Gasteiger partial charge in [-0.2, -0.15) is 26.3 Å². The van der Waals surface area contributed by atoms with Crippen molar-refractivity contribution in [3.63, 3.8) is 0 Å². The highest BCUT2D eigenvalue weighted by atomic mass is 19.4. The van der Waals surface area contributed by atoms with Gasteiger partial charge in [-0.3, -0.25) is 9.59 Å². The Morgan fingerprint density at radius 3 is 2.33 bits per heavy atom. The van der Waals surface area contributed by atoms with Gasteiger partial charge in [0.05, 0.1) is 6.42 Å². The lowest BCUT2D eigenvalue weighted by atomic mass is 9.93. The van der Waals surface area contributed by atoms with E-state index in [1.54, 1.807) is 4.98 Å². The Labute approximate surface area is 182 Å². The standard InChI is InChI=1S/C19H19F6N5O3/c20-18(21,22)9-11(15(32)30-7-5-17(3-4-17)6-8-30)26-16-29-28-14(33-16)10-1-2-12(19(23,24)25)27-13(10)31/h1-2,11H,3-9H2,(H,26,29)(H,27,31)/t11-/m0/s1. The molecule has 2 aromatic rings. The number of rotatable bonds is 5. The fraction of sp³-hybridized carbons (Fsp3) is 0.579. The molecular formula is C19H19F6N5O3. The topological polar surface area (TPSA) is 104 Å². The van der Waals surface area contributed by atoms with Crippen LogP contribution in [0.25, 0.3) is 11.5 Å². The summed E-state index contributed by atoms with van der Waals surface area (Å²) in [6.07, 6.45) is -7.35. The molecule has 0 bridgehead atoms. The van der Waals surface area contributed by atoms with Crippen LogP contribution in [0.4, 0.5) is 32.4 Å². The molecule has 0 radical (unpaired) electrons. The molecule has 1 atom stereocenters. The summed E-state index contributed by atoms with van der Waals surface area (Å²) in [5, 5.41) is 9.27. The number of piperidine rings is 1. The summed E-state index contributed by atoms with van der Waals surface area (Å²) >= 11 is 0. The number of aromatic amines is 1. The Kier molecular flexibility index (Phi) is 5.65. The number of nitrogens with zero attached hydrogens (tertiary/aromatic N) is 3. The number of amides is 1. The second kappa shape index (κ2) is 8.06. The van der Waals surface area contributed by atoms with E-state index in [4.69, 9.17) is 4.42 Å². The van der Waals surface area contributed by atoms with Crippen molar-refractivity contribution >= 4 is 11.9 Å². The molecule has 8 nitrogen and oxygen atoms in total. The molecule has 0 aromatic carbocycles. The molecule has 2 aromatic heterocycles. The maximum Gasteiger partial charge on any atom is 0.431 e. The van der Waals surface area contributed by atoms with E-state index in [9.17, 15) is 35.9 Å². The molecule has 1 aliphatic heterocycles. The minimum atomic E-state index is -4.78. The van der Waals surface area contributed by atoms with Gasteiger partial charge in [0.1, 0.15) is 17.3 Å². The number of likely N-dealkylation sites (tertiary alicyclic amines) is 1. The number of hydrogen-bond acceptors (Lipinski definition) is 6. The van der Waals surface area contributed by atoms with Crippen LogP contribution in [0.3, 0.4) is 0 Å². The Hall–Kier alpha value is -3.06. The van der Waals surface area contributed by atoms with Crippen molar-refractivity contribution in [1.29, 1.82) is 0 Å². The predicted molar refractivity (Wildman–Crippen MR) is 101 cm³/mol. The van der Waals surface area contributed by atoms with Gasteiger partial charge in [0.15, 0.2) is 0 Å². The minimum absolute atomic E-state index is 0.222. The van der Waals surface area contributed by atoms with Gasteiger partial charge in [-0.05, 0) is 43.2 Å². The zero-order chi connectivity index (χ0) is 24.0. The number of carbonyl (C=O) groups is 1. The van der Waals surface area contributed by atoms with E-state index in [1.807, 2.05) is 0 Å². The molecule has 1 saturated carbocycles. The third kappa shape index (κ3) is 5.30. The average molecular weight is 479 g/mol. The fourth-order valence-electron chi connectivity index (χ4n) is 3.88. The van der Waals surface area contributed by atoms with Crippen LogP contribution < -0.4 is 10.9 Å². The largest absolute Gasteiger partial charge is 0.431 e. The average Bonchev–Trinajstić information content (AvgIpc) is 3.30. The van der Waals surface area contributed by atoms with E-state index in [1.165, 1.54) is 4.90 Å². The van der Waals surface area contributed by atoms with Crippen LogP contribution in [-0.2, 0) is 11.0 Å². The molecule has 3 heterocycles. The first kappa shape index (κ1) is 23.1. The van der Waals surface area contributed by atoms with Crippen molar-refractivity contribution in [1.82, 2.24) is 20.1 Å². The smallest absolute Gasteiger partial charge is 0.403 e. The van der Waals surface area contributed by atoms with Crippen molar-refractivity contribution in [3.05, 3.63) is 28.2 Å². The van der Waals surface area contributed by atoms with Crippen molar-refractivity contribution in [2.45, 2.75) is 50.5 Å². The maximum absolute atomic E-state index is 13.1. The van der Waals surface area contributed by atoms with Crippen molar-refractivity contribution in [2.75, 3.05) is 18.4 Å². The quantitative estimate of drug-likeness (QED) is 0.636. The Balaban J connectivity index is 1.50. The van der Waals surface area contributed by atoms with Gasteiger partial charge in [0.25, 0.3) is 11.4 Å². The second-order valence-corrected chi connectivity index (χ2v) is 8.37. The lowest BCUT2D eigenvalue weighted by Crippen LogP contribution is -2.48. The zero-order valence-electron chi connectivity index (χ0n) is 17.0. The van der Waals surface area contributed by atoms with E-state index >= 15 is 0 Å². The summed E-state index contributed by atoms with van der Waals surface area (Å²) in [6.45, 7) is 0.704. The van der Waals surface area contributed by atoms with Crippen LogP contribution in [0.15, 0.2) is 21.3 Å². The van der Waals surface area contributed by atoms with Gasteiger partial charge in [-0.25, -0.2) is 0 Å². The SMILES string of the molecule is O=C([C@H](CC(F)(F)F)Nc1nnc(-c2ccc(C(F)(F)F)[nH]c2=O)o1)N1CCC2(CC1)CC2. The summed E-state index contributed by atoms with van der Waals surface area (Å²) in [6, 6.07) is -0.911. The summed E-state index contributed by atoms with van der Waals surface area (Å²) in [4.78, 5) is 27.7. The van der Waals surface area contributed by atoms with E-state index in [-0.39, 0.29) is 5.41 Å². The number of aromatic nitrogens is 3. The molecule has 2 fully saturated rings. The monoisotopic (exact) mass is 479 g/mol. The van der Waals surface area contributed by atoms with E-state index in [2.05, 4.69) is 15.5 Å².